The van der Waals surface area contributed by atoms with Crippen molar-refractivity contribution in [3.05, 3.63) is 36.0 Å². The highest BCUT2D eigenvalue weighted by Crippen LogP contribution is 2.19. The van der Waals surface area contributed by atoms with Gasteiger partial charge in [0.05, 0.1) is 13.2 Å². The first-order valence-corrected chi connectivity index (χ1v) is 7.56. The monoisotopic (exact) mass is 317 g/mol. The first kappa shape index (κ1) is 15.4. The first-order chi connectivity index (χ1) is 11.1. The van der Waals surface area contributed by atoms with Crippen LogP contribution in [0.3, 0.4) is 0 Å². The maximum atomic E-state index is 12.2. The van der Waals surface area contributed by atoms with Gasteiger partial charge in [-0.15, -0.1) is 0 Å². The summed E-state index contributed by atoms with van der Waals surface area (Å²) in [6.45, 7) is 1.91. The summed E-state index contributed by atoms with van der Waals surface area (Å²) < 4.78 is 5.19. The van der Waals surface area contributed by atoms with E-state index in [-0.39, 0.29) is 12.5 Å². The third-order valence-corrected chi connectivity index (χ3v) is 3.99. The maximum Gasteiger partial charge on any atom is 0.326 e. The molecule has 3 N–H and O–H groups in total. The van der Waals surface area contributed by atoms with Crippen molar-refractivity contribution >= 4 is 22.9 Å². The van der Waals surface area contributed by atoms with Gasteiger partial charge < -0.3 is 25.0 Å². The average molecular weight is 317 g/mol. The number of carbonyl (C=O) groups is 2. The van der Waals surface area contributed by atoms with Crippen molar-refractivity contribution in [2.45, 2.75) is 12.5 Å². The van der Waals surface area contributed by atoms with Crippen molar-refractivity contribution in [2.24, 2.45) is 0 Å². The number of aromatic amines is 1. The molecule has 1 aliphatic rings. The van der Waals surface area contributed by atoms with E-state index < -0.39 is 12.0 Å². The van der Waals surface area contributed by atoms with Gasteiger partial charge in [-0.1, -0.05) is 18.2 Å². The van der Waals surface area contributed by atoms with Crippen LogP contribution < -0.4 is 5.32 Å². The third-order valence-electron chi connectivity index (χ3n) is 3.99. The normalized spacial score (nSPS) is 16.3. The number of nitrogens with zero attached hydrogens (tertiary/aromatic N) is 1. The summed E-state index contributed by atoms with van der Waals surface area (Å²) in [5, 5.41) is 13.0. The Bertz CT molecular complexity index is 706. The molecule has 0 aliphatic carbocycles. The molecule has 23 heavy (non-hydrogen) atoms. The van der Waals surface area contributed by atoms with Crippen molar-refractivity contribution in [1.29, 1.82) is 0 Å². The lowest BCUT2D eigenvalue weighted by atomic mass is 10.1. The Balaban J connectivity index is 1.71. The number of fused-ring (bicyclic) bond motifs is 1. The number of carboxylic acid groups (broad SMARTS) is 1. The molecule has 2 amide bonds. The van der Waals surface area contributed by atoms with Gasteiger partial charge in [-0.05, 0) is 11.6 Å². The molecule has 1 saturated heterocycles. The number of nitrogens with one attached hydrogen (secondary N) is 2. The summed E-state index contributed by atoms with van der Waals surface area (Å²) in [4.78, 5) is 28.4. The minimum atomic E-state index is -1.04. The van der Waals surface area contributed by atoms with Gasteiger partial charge in [-0.3, -0.25) is 0 Å². The zero-order chi connectivity index (χ0) is 16.2. The fourth-order valence-electron chi connectivity index (χ4n) is 2.73. The fraction of sp³-hybridized carbons (Fsp3) is 0.375. The predicted molar refractivity (Wildman–Crippen MR) is 84.4 cm³/mol. The molecule has 0 bridgehead atoms. The molecule has 1 fully saturated rings. The van der Waals surface area contributed by atoms with Crippen LogP contribution in [0, 0.1) is 0 Å². The van der Waals surface area contributed by atoms with Gasteiger partial charge in [0, 0.05) is 36.6 Å². The molecule has 122 valence electrons. The van der Waals surface area contributed by atoms with E-state index in [0.29, 0.717) is 26.3 Å². The third kappa shape index (κ3) is 3.45. The van der Waals surface area contributed by atoms with Crippen molar-refractivity contribution in [3.63, 3.8) is 0 Å². The maximum absolute atomic E-state index is 12.2. The lowest BCUT2D eigenvalue weighted by molar-refractivity contribution is -0.139. The SMILES string of the molecule is O=C(O)[C@H](Cc1c[nH]c2ccccc12)NC(=O)N1CCOCC1. The quantitative estimate of drug-likeness (QED) is 0.790. The van der Waals surface area contributed by atoms with Crippen LogP contribution in [0.15, 0.2) is 30.5 Å². The number of morpholine rings is 1. The molecule has 0 radical (unpaired) electrons. The molecular weight excluding hydrogens is 298 g/mol. The van der Waals surface area contributed by atoms with E-state index in [4.69, 9.17) is 4.74 Å². The number of hydrogen-bond donors (Lipinski definition) is 3. The number of rotatable bonds is 4. The minimum Gasteiger partial charge on any atom is -0.480 e. The summed E-state index contributed by atoms with van der Waals surface area (Å²) in [7, 11) is 0. The van der Waals surface area contributed by atoms with Gasteiger partial charge in [0.1, 0.15) is 6.04 Å². The number of hydrogen-bond acceptors (Lipinski definition) is 3. The van der Waals surface area contributed by atoms with Crippen molar-refractivity contribution < 1.29 is 19.4 Å². The van der Waals surface area contributed by atoms with Gasteiger partial charge in [-0.2, -0.15) is 0 Å². The summed E-state index contributed by atoms with van der Waals surface area (Å²) in [6.07, 6.45) is 2.02. The molecule has 0 spiro atoms. The molecule has 3 rings (SSSR count). The number of urea groups is 1. The Kier molecular flexibility index (Phi) is 4.47. The Morgan fingerprint density at radius 1 is 1.30 bits per heavy atom. The highest BCUT2D eigenvalue weighted by molar-refractivity contribution is 5.86. The lowest BCUT2D eigenvalue weighted by Crippen LogP contribution is -2.51. The second kappa shape index (κ2) is 6.70. The molecule has 2 aromatic rings. The molecule has 7 nitrogen and oxygen atoms in total. The Morgan fingerprint density at radius 2 is 2.04 bits per heavy atom. The van der Waals surface area contributed by atoms with Crippen LogP contribution in [0.2, 0.25) is 0 Å². The Labute approximate surface area is 133 Å². The van der Waals surface area contributed by atoms with Gasteiger partial charge in [0.2, 0.25) is 0 Å². The van der Waals surface area contributed by atoms with Crippen LogP contribution in [0.4, 0.5) is 4.79 Å². The summed E-state index contributed by atoms with van der Waals surface area (Å²) >= 11 is 0. The molecule has 0 saturated carbocycles. The largest absolute Gasteiger partial charge is 0.480 e. The van der Waals surface area contributed by atoms with E-state index in [1.165, 1.54) is 0 Å². The second-order valence-electron chi connectivity index (χ2n) is 5.50. The first-order valence-electron chi connectivity index (χ1n) is 7.56. The fourth-order valence-corrected chi connectivity index (χ4v) is 2.73. The van der Waals surface area contributed by atoms with Gasteiger partial charge in [0.15, 0.2) is 0 Å². The van der Waals surface area contributed by atoms with E-state index >= 15 is 0 Å². The number of benzene rings is 1. The lowest BCUT2D eigenvalue weighted by Gasteiger charge is -2.28. The molecule has 1 aliphatic heterocycles. The smallest absolute Gasteiger partial charge is 0.326 e. The van der Waals surface area contributed by atoms with E-state index in [1.54, 1.807) is 11.1 Å². The topological polar surface area (TPSA) is 94.7 Å². The average Bonchev–Trinajstić information content (AvgIpc) is 2.98. The minimum absolute atomic E-state index is 0.232. The number of aliphatic carboxylic acids is 1. The number of carboxylic acids is 1. The van der Waals surface area contributed by atoms with E-state index in [1.807, 2.05) is 24.3 Å². The van der Waals surface area contributed by atoms with E-state index in [2.05, 4.69) is 10.3 Å². The molecule has 0 unspecified atom stereocenters. The molecule has 2 heterocycles. The van der Waals surface area contributed by atoms with Gasteiger partial charge >= 0.3 is 12.0 Å². The number of carbonyl (C=O) groups excluding carboxylic acids is 1. The summed E-state index contributed by atoms with van der Waals surface area (Å²) in [5.74, 6) is -1.04. The Morgan fingerprint density at radius 3 is 2.78 bits per heavy atom. The van der Waals surface area contributed by atoms with Crippen LogP contribution >= 0.6 is 0 Å². The zero-order valence-corrected chi connectivity index (χ0v) is 12.6. The number of H-pyrrole nitrogens is 1. The number of aromatic nitrogens is 1. The van der Waals surface area contributed by atoms with E-state index in [9.17, 15) is 14.7 Å². The highest BCUT2D eigenvalue weighted by Gasteiger charge is 2.25. The van der Waals surface area contributed by atoms with Crippen LogP contribution in [0.1, 0.15) is 5.56 Å². The number of para-hydroxylation sites is 1. The molecule has 1 aromatic carbocycles. The van der Waals surface area contributed by atoms with Gasteiger partial charge in [-0.25, -0.2) is 9.59 Å². The highest BCUT2D eigenvalue weighted by atomic mass is 16.5. The second-order valence-corrected chi connectivity index (χ2v) is 5.50. The standard InChI is InChI=1S/C16H19N3O4/c20-15(21)14(18-16(22)19-5-7-23-8-6-19)9-11-10-17-13-4-2-1-3-12(11)13/h1-4,10,14,17H,5-9H2,(H,18,22)(H,20,21)/t14-/m0/s1. The molecule has 1 aromatic heterocycles. The Hall–Kier alpha value is -2.54. The molecule has 7 heteroatoms. The number of ether oxygens (including phenoxy) is 1. The zero-order valence-electron chi connectivity index (χ0n) is 12.6. The van der Waals surface area contributed by atoms with Crippen molar-refractivity contribution in [2.75, 3.05) is 26.3 Å². The summed E-state index contributed by atoms with van der Waals surface area (Å²) in [5.41, 5.74) is 1.82. The van der Waals surface area contributed by atoms with Crippen LogP contribution in [-0.4, -0.2) is 59.3 Å². The summed E-state index contributed by atoms with van der Waals surface area (Å²) in [6, 6.07) is 6.36. The van der Waals surface area contributed by atoms with Crippen molar-refractivity contribution in [3.8, 4) is 0 Å². The van der Waals surface area contributed by atoms with E-state index in [0.717, 1.165) is 16.5 Å². The van der Waals surface area contributed by atoms with Crippen LogP contribution in [-0.2, 0) is 16.0 Å². The van der Waals surface area contributed by atoms with Gasteiger partial charge in [0.25, 0.3) is 0 Å². The number of amides is 2. The predicted octanol–water partition coefficient (Wildman–Crippen LogP) is 1.21. The van der Waals surface area contributed by atoms with Crippen molar-refractivity contribution in [1.82, 2.24) is 15.2 Å². The van der Waals surface area contributed by atoms with Crippen LogP contribution in [0.25, 0.3) is 10.9 Å². The molecular formula is C16H19N3O4. The molecule has 1 atom stereocenters. The van der Waals surface area contributed by atoms with Crippen LogP contribution in [0.5, 0.6) is 0 Å².